The van der Waals surface area contributed by atoms with Gasteiger partial charge in [-0.3, -0.25) is 14.6 Å². The van der Waals surface area contributed by atoms with Crippen LogP contribution in [0, 0.1) is 0 Å². The van der Waals surface area contributed by atoms with Crippen molar-refractivity contribution in [3.8, 4) is 0 Å². The molecule has 1 aromatic heterocycles. The summed E-state index contributed by atoms with van der Waals surface area (Å²) < 4.78 is 0. The molecule has 1 aliphatic carbocycles. The summed E-state index contributed by atoms with van der Waals surface area (Å²) in [7, 11) is 0. The summed E-state index contributed by atoms with van der Waals surface area (Å²) in [6.45, 7) is 2.47. The van der Waals surface area contributed by atoms with Gasteiger partial charge in [0.05, 0.1) is 12.1 Å². The first kappa shape index (κ1) is 16.5. The second-order valence-electron chi connectivity index (χ2n) is 6.18. The Kier molecular flexibility index (Phi) is 4.26. The van der Waals surface area contributed by atoms with Crippen LogP contribution in [0.2, 0.25) is 0 Å². The van der Waals surface area contributed by atoms with Crippen LogP contribution in [0.25, 0.3) is 5.57 Å². The zero-order valence-corrected chi connectivity index (χ0v) is 15.0. The maximum absolute atomic E-state index is 12.6. The van der Waals surface area contributed by atoms with Gasteiger partial charge in [0, 0.05) is 27.9 Å². The van der Waals surface area contributed by atoms with Gasteiger partial charge in [-0.25, -0.2) is 0 Å². The number of allylic oxidation sites excluding steroid dienone is 3. The van der Waals surface area contributed by atoms with Gasteiger partial charge in [-0.05, 0) is 42.2 Å². The molecule has 0 fully saturated rings. The summed E-state index contributed by atoms with van der Waals surface area (Å²) in [6, 6.07) is 7.57. The van der Waals surface area contributed by atoms with Crippen molar-refractivity contribution in [1.29, 1.82) is 0 Å². The van der Waals surface area contributed by atoms with E-state index in [0.717, 1.165) is 21.6 Å². The number of hydrogen-bond acceptors (Lipinski definition) is 4. The van der Waals surface area contributed by atoms with Gasteiger partial charge in [-0.1, -0.05) is 24.3 Å². The van der Waals surface area contributed by atoms with Crippen LogP contribution in [0.5, 0.6) is 0 Å². The number of hydrogen-bond donors (Lipinski definition) is 2. The highest BCUT2D eigenvalue weighted by Crippen LogP contribution is 2.33. The maximum Gasteiger partial charge on any atom is 0.256 e. The first-order chi connectivity index (χ1) is 12.6. The summed E-state index contributed by atoms with van der Waals surface area (Å²) in [5.74, 6) is -0.300. The highest BCUT2D eigenvalue weighted by Gasteiger charge is 2.25. The van der Waals surface area contributed by atoms with Crippen molar-refractivity contribution in [2.45, 2.75) is 19.9 Å². The number of aromatic nitrogens is 1. The summed E-state index contributed by atoms with van der Waals surface area (Å²) in [6.07, 6.45) is 6.01. The van der Waals surface area contributed by atoms with Crippen LogP contribution < -0.4 is 10.6 Å². The third-order valence-electron chi connectivity index (χ3n) is 4.60. The molecular weight excluding hydrogens is 346 g/mol. The standard InChI is InChI=1S/C20H17N3O2S/c1-12-15-4-2-3-5-17(15)20(25)23-18-8-13(6-7-16(12)18)19(24)22-10-14-9-21-11-26-14/h2-6,8-9,11H,7,10H2,1H3,(H,22,24)(H,23,25). The number of carbonyl (C=O) groups excluding carboxylic acids is 2. The van der Waals surface area contributed by atoms with Crippen LogP contribution in [0.4, 0.5) is 0 Å². The molecule has 2 aromatic rings. The molecule has 0 saturated carbocycles. The predicted molar refractivity (Wildman–Crippen MR) is 101 cm³/mol. The molecule has 0 saturated heterocycles. The van der Waals surface area contributed by atoms with Crippen molar-refractivity contribution < 1.29 is 9.59 Å². The van der Waals surface area contributed by atoms with Gasteiger partial charge < -0.3 is 10.6 Å². The number of benzene rings is 1. The van der Waals surface area contributed by atoms with Gasteiger partial charge in [-0.15, -0.1) is 11.3 Å². The molecule has 6 heteroatoms. The van der Waals surface area contributed by atoms with E-state index in [1.54, 1.807) is 17.8 Å². The van der Waals surface area contributed by atoms with E-state index < -0.39 is 0 Å². The normalized spacial score (nSPS) is 16.0. The maximum atomic E-state index is 12.6. The lowest BCUT2D eigenvalue weighted by molar-refractivity contribution is -0.117. The molecule has 2 heterocycles. The lowest BCUT2D eigenvalue weighted by atomic mass is 9.91. The smallest absolute Gasteiger partial charge is 0.256 e. The molecule has 0 bridgehead atoms. The quantitative estimate of drug-likeness (QED) is 0.880. The Labute approximate surface area is 155 Å². The van der Waals surface area contributed by atoms with Crippen LogP contribution in [-0.2, 0) is 11.3 Å². The average Bonchev–Trinajstić information content (AvgIpc) is 3.15. The zero-order chi connectivity index (χ0) is 18.1. The van der Waals surface area contributed by atoms with E-state index >= 15 is 0 Å². The van der Waals surface area contributed by atoms with Crippen LogP contribution in [0.1, 0.15) is 34.1 Å². The molecule has 2 aliphatic rings. The number of nitrogens with zero attached hydrogens (tertiary/aromatic N) is 1. The molecular formula is C20H17N3O2S. The molecule has 26 heavy (non-hydrogen) atoms. The average molecular weight is 363 g/mol. The van der Waals surface area contributed by atoms with Crippen molar-refractivity contribution in [3.05, 3.63) is 81.0 Å². The van der Waals surface area contributed by atoms with E-state index in [4.69, 9.17) is 0 Å². The van der Waals surface area contributed by atoms with Crippen molar-refractivity contribution >= 4 is 28.7 Å². The van der Waals surface area contributed by atoms with Crippen LogP contribution in [-0.4, -0.2) is 16.8 Å². The van der Waals surface area contributed by atoms with Gasteiger partial charge >= 0.3 is 0 Å². The Morgan fingerprint density at radius 1 is 1.31 bits per heavy atom. The molecule has 5 nitrogen and oxygen atoms in total. The number of carbonyl (C=O) groups is 2. The summed E-state index contributed by atoms with van der Waals surface area (Å²) in [5.41, 5.74) is 6.70. The van der Waals surface area contributed by atoms with Gasteiger partial charge in [0.2, 0.25) is 0 Å². The second-order valence-corrected chi connectivity index (χ2v) is 7.15. The number of rotatable bonds is 3. The van der Waals surface area contributed by atoms with Gasteiger partial charge in [-0.2, -0.15) is 0 Å². The molecule has 2 amide bonds. The third-order valence-corrected chi connectivity index (χ3v) is 5.38. The molecule has 4 rings (SSSR count). The van der Waals surface area contributed by atoms with Crippen LogP contribution in [0.3, 0.4) is 0 Å². The number of thiazole rings is 1. The van der Waals surface area contributed by atoms with Gasteiger partial charge in [0.1, 0.15) is 0 Å². The monoisotopic (exact) mass is 363 g/mol. The molecule has 0 atom stereocenters. The predicted octanol–water partition coefficient (Wildman–Crippen LogP) is 3.19. The fourth-order valence-corrected chi connectivity index (χ4v) is 3.74. The fraction of sp³-hybridized carbons (Fsp3) is 0.150. The van der Waals surface area contributed by atoms with E-state index in [2.05, 4.69) is 15.6 Å². The minimum Gasteiger partial charge on any atom is -0.347 e. The Morgan fingerprint density at radius 3 is 2.88 bits per heavy atom. The summed E-state index contributed by atoms with van der Waals surface area (Å²) >= 11 is 1.50. The molecule has 2 N–H and O–H groups in total. The van der Waals surface area contributed by atoms with Crippen molar-refractivity contribution in [2.75, 3.05) is 0 Å². The molecule has 130 valence electrons. The van der Waals surface area contributed by atoms with E-state index in [1.165, 1.54) is 11.3 Å². The lowest BCUT2D eigenvalue weighted by Gasteiger charge is -2.18. The van der Waals surface area contributed by atoms with E-state index in [-0.39, 0.29) is 11.8 Å². The highest BCUT2D eigenvalue weighted by atomic mass is 32.1. The minimum atomic E-state index is -0.154. The molecule has 0 unspecified atom stereocenters. The van der Waals surface area contributed by atoms with Crippen LogP contribution in [0.15, 0.2) is 65.0 Å². The first-order valence-corrected chi connectivity index (χ1v) is 9.20. The Morgan fingerprint density at radius 2 is 2.12 bits per heavy atom. The topological polar surface area (TPSA) is 71.1 Å². The molecule has 1 aromatic carbocycles. The molecule has 0 radical (unpaired) electrons. The summed E-state index contributed by atoms with van der Waals surface area (Å²) in [5, 5.41) is 5.85. The van der Waals surface area contributed by atoms with Gasteiger partial charge in [0.15, 0.2) is 0 Å². The van der Waals surface area contributed by atoms with Crippen LogP contribution >= 0.6 is 11.3 Å². The lowest BCUT2D eigenvalue weighted by Crippen LogP contribution is -2.27. The number of amides is 2. The zero-order valence-electron chi connectivity index (χ0n) is 14.2. The number of nitrogens with one attached hydrogen (secondary N) is 2. The second kappa shape index (κ2) is 6.72. The first-order valence-electron chi connectivity index (χ1n) is 8.32. The fourth-order valence-electron chi connectivity index (χ4n) is 3.21. The third kappa shape index (κ3) is 2.99. The van der Waals surface area contributed by atoms with Crippen molar-refractivity contribution in [1.82, 2.24) is 15.6 Å². The minimum absolute atomic E-state index is 0.146. The summed E-state index contributed by atoms with van der Waals surface area (Å²) in [4.78, 5) is 30.0. The highest BCUT2D eigenvalue weighted by molar-refractivity contribution is 7.09. The Bertz CT molecular complexity index is 984. The number of fused-ring (bicyclic) bond motifs is 2. The van der Waals surface area contributed by atoms with Gasteiger partial charge in [0.25, 0.3) is 11.8 Å². The molecule has 0 spiro atoms. The SMILES string of the molecule is CC1=C2CC=C(C(=O)NCc3cncs3)C=C2NC(=O)c2ccccc21. The van der Waals surface area contributed by atoms with E-state index in [1.807, 2.05) is 37.3 Å². The van der Waals surface area contributed by atoms with E-state index in [0.29, 0.717) is 29.8 Å². The Balaban J connectivity index is 1.60. The largest absolute Gasteiger partial charge is 0.347 e. The molecule has 1 aliphatic heterocycles. The van der Waals surface area contributed by atoms with E-state index in [9.17, 15) is 9.59 Å². The van der Waals surface area contributed by atoms with Crippen molar-refractivity contribution in [2.24, 2.45) is 0 Å². The van der Waals surface area contributed by atoms with Crippen molar-refractivity contribution in [3.63, 3.8) is 0 Å². The Hall–Kier alpha value is -2.99.